The van der Waals surface area contributed by atoms with Gasteiger partial charge in [0.1, 0.15) is 0 Å². The number of hydrogen-bond acceptors (Lipinski definition) is 6. The molecule has 0 unspecified atom stereocenters. The van der Waals surface area contributed by atoms with Gasteiger partial charge in [-0.05, 0) is 48.4 Å². The minimum atomic E-state index is -3.77. The van der Waals surface area contributed by atoms with Gasteiger partial charge in [-0.15, -0.1) is 4.41 Å². The highest BCUT2D eigenvalue weighted by molar-refractivity contribution is 7.88. The van der Waals surface area contributed by atoms with Crippen molar-refractivity contribution in [3.8, 4) is 0 Å². The van der Waals surface area contributed by atoms with Gasteiger partial charge in [-0.3, -0.25) is 25.2 Å². The van der Waals surface area contributed by atoms with Crippen LogP contribution in [-0.2, 0) is 26.0 Å². The molecular formula is C25H34N4O5S. The fourth-order valence-corrected chi connectivity index (χ4v) is 4.38. The molecule has 2 aromatic rings. The molecule has 1 aromatic carbocycles. The number of hydroxylamine groups is 1. The number of nitrogens with one attached hydrogen (secondary N) is 2. The molecule has 1 aromatic heterocycles. The summed E-state index contributed by atoms with van der Waals surface area (Å²) < 4.78 is 25.7. The lowest BCUT2D eigenvalue weighted by Crippen LogP contribution is -2.51. The number of sulfonamides is 1. The summed E-state index contributed by atoms with van der Waals surface area (Å²) in [4.78, 5) is 29.8. The molecular weight excluding hydrogens is 468 g/mol. The van der Waals surface area contributed by atoms with Crippen molar-refractivity contribution < 1.29 is 23.2 Å². The zero-order valence-corrected chi connectivity index (χ0v) is 21.1. The number of carbonyl (C=O) groups is 2. The number of hydrogen-bond donors (Lipinski definition) is 3. The molecule has 9 nitrogen and oxygen atoms in total. The van der Waals surface area contributed by atoms with Crippen molar-refractivity contribution in [2.75, 3.05) is 12.8 Å². The molecule has 0 bridgehead atoms. The van der Waals surface area contributed by atoms with E-state index in [0.29, 0.717) is 12.8 Å². The normalized spacial score (nSPS) is 13.7. The zero-order chi connectivity index (χ0) is 25.8. The fraction of sp³-hybridized carbons (Fsp3) is 0.400. The van der Waals surface area contributed by atoms with E-state index in [1.54, 1.807) is 36.1 Å². The van der Waals surface area contributed by atoms with Crippen LogP contribution in [0.25, 0.3) is 6.08 Å². The first-order chi connectivity index (χ1) is 16.6. The second-order valence-electron chi connectivity index (χ2n) is 8.78. The number of aromatic nitrogens is 1. The standard InChI is InChI=1S/C25H34N4O5S/c1-19(2)18-23(22(25(31)28-32)11-7-10-20-8-5-4-6-9-20)24(30)27-29(35(3,33)34)17-14-21-12-15-26-16-13-21/h4-10,12-13,15-16,19,22-23,32H,11,14,17-18H2,1-3H3,(H,27,30)(H,28,31)/b10-7+/t22-,23+/m0/s1. The van der Waals surface area contributed by atoms with Gasteiger partial charge in [0.15, 0.2) is 0 Å². The predicted molar refractivity (Wildman–Crippen MR) is 134 cm³/mol. The number of rotatable bonds is 13. The third kappa shape index (κ3) is 9.59. The molecule has 0 aliphatic rings. The average molecular weight is 503 g/mol. The second-order valence-corrected chi connectivity index (χ2v) is 10.7. The molecule has 2 amide bonds. The van der Waals surface area contributed by atoms with E-state index in [4.69, 9.17) is 0 Å². The minimum Gasteiger partial charge on any atom is -0.289 e. The van der Waals surface area contributed by atoms with Crippen LogP contribution in [0, 0.1) is 17.8 Å². The van der Waals surface area contributed by atoms with E-state index in [0.717, 1.165) is 21.8 Å². The topological polar surface area (TPSA) is 129 Å². The number of allylic oxidation sites excluding steroid dienone is 1. The Morgan fingerprint density at radius 3 is 2.29 bits per heavy atom. The monoisotopic (exact) mass is 502 g/mol. The van der Waals surface area contributed by atoms with Gasteiger partial charge in [0.25, 0.3) is 0 Å². The lowest BCUT2D eigenvalue weighted by molar-refractivity contribution is -0.141. The molecule has 35 heavy (non-hydrogen) atoms. The quantitative estimate of drug-likeness (QED) is 0.285. The Balaban J connectivity index is 2.23. The van der Waals surface area contributed by atoms with Gasteiger partial charge in [0, 0.05) is 18.9 Å². The van der Waals surface area contributed by atoms with Gasteiger partial charge in [-0.2, -0.15) is 0 Å². The van der Waals surface area contributed by atoms with Crippen molar-refractivity contribution in [2.45, 2.75) is 33.1 Å². The zero-order valence-electron chi connectivity index (χ0n) is 20.3. The number of carbonyl (C=O) groups excluding carboxylic acids is 2. The van der Waals surface area contributed by atoms with Crippen LogP contribution in [0.15, 0.2) is 60.9 Å². The predicted octanol–water partition coefficient (Wildman–Crippen LogP) is 2.80. The first-order valence-corrected chi connectivity index (χ1v) is 13.3. The summed E-state index contributed by atoms with van der Waals surface area (Å²) >= 11 is 0. The first kappa shape index (κ1) is 28.2. The van der Waals surface area contributed by atoms with Crippen LogP contribution in [0.1, 0.15) is 37.8 Å². The number of amides is 2. The maximum absolute atomic E-state index is 13.3. The Kier molecular flexibility index (Phi) is 11.0. The Labute approximate surface area is 207 Å². The molecule has 0 saturated heterocycles. The van der Waals surface area contributed by atoms with Gasteiger partial charge < -0.3 is 0 Å². The Morgan fingerprint density at radius 1 is 1.06 bits per heavy atom. The van der Waals surface area contributed by atoms with Crippen molar-refractivity contribution >= 4 is 27.9 Å². The highest BCUT2D eigenvalue weighted by Crippen LogP contribution is 2.26. The molecule has 10 heteroatoms. The Hall–Kier alpha value is -3.08. The first-order valence-electron chi connectivity index (χ1n) is 11.4. The summed E-state index contributed by atoms with van der Waals surface area (Å²) in [7, 11) is -3.77. The van der Waals surface area contributed by atoms with E-state index >= 15 is 0 Å². The highest BCUT2D eigenvalue weighted by Gasteiger charge is 2.35. The maximum Gasteiger partial charge on any atom is 0.247 e. The summed E-state index contributed by atoms with van der Waals surface area (Å²) in [6.07, 6.45) is 8.71. The molecule has 0 aliphatic carbocycles. The van der Waals surface area contributed by atoms with Crippen molar-refractivity contribution in [3.63, 3.8) is 0 Å². The maximum atomic E-state index is 13.3. The van der Waals surface area contributed by atoms with Gasteiger partial charge in [0.2, 0.25) is 21.8 Å². The molecule has 3 N–H and O–H groups in total. The average Bonchev–Trinajstić information content (AvgIpc) is 2.83. The van der Waals surface area contributed by atoms with Crippen molar-refractivity contribution in [3.05, 3.63) is 72.1 Å². The smallest absolute Gasteiger partial charge is 0.247 e. The lowest BCUT2D eigenvalue weighted by atomic mass is 9.82. The number of hydrazine groups is 1. The summed E-state index contributed by atoms with van der Waals surface area (Å²) in [5, 5.41) is 9.34. The Bertz CT molecular complexity index is 1080. The van der Waals surface area contributed by atoms with Crippen LogP contribution in [0.3, 0.4) is 0 Å². The molecule has 1 heterocycles. The van der Waals surface area contributed by atoms with Gasteiger partial charge in [0.05, 0.1) is 18.1 Å². The summed E-state index contributed by atoms with van der Waals surface area (Å²) in [5.41, 5.74) is 5.96. The van der Waals surface area contributed by atoms with Crippen molar-refractivity contribution in [1.82, 2.24) is 20.3 Å². The minimum absolute atomic E-state index is 0.0216. The van der Waals surface area contributed by atoms with Gasteiger partial charge >= 0.3 is 0 Å². The third-order valence-electron chi connectivity index (χ3n) is 5.48. The number of pyridine rings is 1. The summed E-state index contributed by atoms with van der Waals surface area (Å²) in [6, 6.07) is 13.0. The van der Waals surface area contributed by atoms with Gasteiger partial charge in [-0.1, -0.05) is 56.3 Å². The van der Waals surface area contributed by atoms with E-state index < -0.39 is 33.7 Å². The lowest BCUT2D eigenvalue weighted by Gasteiger charge is -2.28. The van der Waals surface area contributed by atoms with Crippen LogP contribution >= 0.6 is 0 Å². The van der Waals surface area contributed by atoms with Crippen LogP contribution in [0.4, 0.5) is 0 Å². The van der Waals surface area contributed by atoms with Crippen LogP contribution in [0.5, 0.6) is 0 Å². The highest BCUT2D eigenvalue weighted by atomic mass is 32.2. The van der Waals surface area contributed by atoms with Crippen LogP contribution in [-0.4, -0.2) is 47.6 Å². The van der Waals surface area contributed by atoms with Crippen LogP contribution in [0.2, 0.25) is 0 Å². The van der Waals surface area contributed by atoms with E-state index in [9.17, 15) is 23.2 Å². The van der Waals surface area contributed by atoms with E-state index in [-0.39, 0.29) is 18.9 Å². The largest absolute Gasteiger partial charge is 0.289 e. The summed E-state index contributed by atoms with van der Waals surface area (Å²) in [5.74, 6) is -3.02. The molecule has 0 fully saturated rings. The molecule has 0 saturated carbocycles. The molecule has 2 rings (SSSR count). The number of benzene rings is 1. The summed E-state index contributed by atoms with van der Waals surface area (Å²) in [6.45, 7) is 3.84. The molecule has 2 atom stereocenters. The van der Waals surface area contributed by atoms with E-state index in [2.05, 4.69) is 10.4 Å². The van der Waals surface area contributed by atoms with Gasteiger partial charge in [-0.25, -0.2) is 13.9 Å². The molecule has 0 aliphatic heterocycles. The van der Waals surface area contributed by atoms with Crippen molar-refractivity contribution in [1.29, 1.82) is 0 Å². The molecule has 0 spiro atoms. The van der Waals surface area contributed by atoms with E-state index in [1.165, 1.54) is 0 Å². The number of nitrogens with zero attached hydrogens (tertiary/aromatic N) is 2. The third-order valence-corrected chi connectivity index (χ3v) is 6.56. The van der Waals surface area contributed by atoms with Crippen molar-refractivity contribution in [2.24, 2.45) is 17.8 Å². The SMILES string of the molecule is CC(C)C[C@@H](C(=O)NN(CCc1ccncc1)S(C)(=O)=O)[C@H](C/C=C/c1ccccc1)C(=O)NO. The fourth-order valence-electron chi connectivity index (χ4n) is 3.70. The molecule has 0 radical (unpaired) electrons. The van der Waals surface area contributed by atoms with E-state index in [1.807, 2.05) is 50.3 Å². The Morgan fingerprint density at radius 2 is 1.71 bits per heavy atom. The van der Waals surface area contributed by atoms with Crippen LogP contribution < -0.4 is 10.9 Å². The molecule has 190 valence electrons. The second kappa shape index (κ2) is 13.7.